The summed E-state index contributed by atoms with van der Waals surface area (Å²) in [6.45, 7) is 15.2. The molecule has 0 aromatic heterocycles. The molecule has 1 atom stereocenters. The average Bonchev–Trinajstić information content (AvgIpc) is 2.38. The summed E-state index contributed by atoms with van der Waals surface area (Å²) < 4.78 is 0. The molecule has 0 saturated heterocycles. The predicted molar refractivity (Wildman–Crippen MR) is 90.8 cm³/mol. The molecule has 1 nitrogen and oxygen atoms in total. The van der Waals surface area contributed by atoms with Crippen LogP contribution in [0.25, 0.3) is 0 Å². The van der Waals surface area contributed by atoms with Crippen molar-refractivity contribution in [1.29, 1.82) is 0 Å². The van der Waals surface area contributed by atoms with E-state index in [1.54, 1.807) is 0 Å². The number of nitrogens with one attached hydrogen (secondary N) is 1. The van der Waals surface area contributed by atoms with Crippen LogP contribution in [0.1, 0.15) is 41.0 Å². The smallest absolute Gasteiger partial charge is 0.0193 e. The number of hydrogen-bond acceptors (Lipinski definition) is 1. The second-order valence-corrected chi connectivity index (χ2v) is 6.49. The normalized spacial score (nSPS) is 19.6. The van der Waals surface area contributed by atoms with Crippen molar-refractivity contribution in [3.8, 4) is 0 Å². The fourth-order valence-electron chi connectivity index (χ4n) is 2.45. The highest BCUT2D eigenvalue weighted by Gasteiger charge is 2.32. The van der Waals surface area contributed by atoms with E-state index < -0.39 is 0 Å². The van der Waals surface area contributed by atoms with Crippen molar-refractivity contribution in [3.05, 3.63) is 59.3 Å². The van der Waals surface area contributed by atoms with E-state index in [-0.39, 0.29) is 5.54 Å². The summed E-state index contributed by atoms with van der Waals surface area (Å²) in [4.78, 5) is 0. The van der Waals surface area contributed by atoms with Crippen molar-refractivity contribution < 1.29 is 0 Å². The van der Waals surface area contributed by atoms with Crippen LogP contribution in [0.2, 0.25) is 0 Å². The molecule has 1 heteroatoms. The summed E-state index contributed by atoms with van der Waals surface area (Å²) >= 11 is 0. The maximum Gasteiger partial charge on any atom is 0.0193 e. The van der Waals surface area contributed by atoms with E-state index in [1.165, 1.54) is 16.7 Å². The van der Waals surface area contributed by atoms with Crippen molar-refractivity contribution in [2.24, 2.45) is 5.92 Å². The summed E-state index contributed by atoms with van der Waals surface area (Å²) in [7, 11) is 2.03. The molecule has 1 aliphatic rings. The number of rotatable bonds is 5. The minimum atomic E-state index is 0.0641. The van der Waals surface area contributed by atoms with Gasteiger partial charge in [-0.25, -0.2) is 0 Å². The van der Waals surface area contributed by atoms with Crippen LogP contribution in [0.5, 0.6) is 0 Å². The van der Waals surface area contributed by atoms with Crippen LogP contribution in [-0.2, 0) is 0 Å². The molecule has 0 aromatic rings. The molecule has 0 radical (unpaired) electrons. The lowest BCUT2D eigenvalue weighted by atomic mass is 9.73. The van der Waals surface area contributed by atoms with E-state index >= 15 is 0 Å². The second-order valence-electron chi connectivity index (χ2n) is 6.49. The van der Waals surface area contributed by atoms with Crippen LogP contribution in [0.4, 0.5) is 0 Å². The first-order valence-corrected chi connectivity index (χ1v) is 7.35. The third-order valence-electron chi connectivity index (χ3n) is 4.06. The maximum atomic E-state index is 4.26. The molecule has 1 rings (SSSR count). The van der Waals surface area contributed by atoms with E-state index in [9.17, 15) is 0 Å². The minimum Gasteiger partial charge on any atom is -0.314 e. The molecule has 0 aliphatic heterocycles. The molecule has 0 amide bonds. The van der Waals surface area contributed by atoms with Crippen LogP contribution < -0.4 is 5.32 Å². The van der Waals surface area contributed by atoms with E-state index in [0.717, 1.165) is 12.0 Å². The Balaban J connectivity index is 3.02. The highest BCUT2D eigenvalue weighted by Crippen LogP contribution is 2.37. The SMILES string of the molecule is C=C(/C=C\C=C(C)C)C1=CC=C(C)CC1C(C)(C)NC. The summed E-state index contributed by atoms with van der Waals surface area (Å²) in [6.07, 6.45) is 11.9. The van der Waals surface area contributed by atoms with Gasteiger partial charge in [0.2, 0.25) is 0 Å². The maximum absolute atomic E-state index is 4.26. The van der Waals surface area contributed by atoms with E-state index in [0.29, 0.717) is 5.92 Å². The largest absolute Gasteiger partial charge is 0.314 e. The predicted octanol–water partition coefficient (Wildman–Crippen LogP) is 4.96. The quantitative estimate of drug-likeness (QED) is 0.697. The van der Waals surface area contributed by atoms with Gasteiger partial charge in [-0.3, -0.25) is 0 Å². The molecule has 0 fully saturated rings. The standard InChI is InChI=1S/C19H29N/c1-14(2)9-8-10-16(4)17-12-11-15(3)13-18(17)19(5,6)20-7/h8-12,18,20H,4,13H2,1-3,5-7H3/b10-8-. The molecular formula is C19H29N. The average molecular weight is 271 g/mol. The molecule has 1 unspecified atom stereocenters. The lowest BCUT2D eigenvalue weighted by Crippen LogP contribution is -2.45. The highest BCUT2D eigenvalue weighted by molar-refractivity contribution is 5.46. The zero-order valence-corrected chi connectivity index (χ0v) is 13.9. The van der Waals surface area contributed by atoms with Crippen LogP contribution in [0.15, 0.2) is 59.3 Å². The van der Waals surface area contributed by atoms with E-state index in [1.807, 2.05) is 7.05 Å². The van der Waals surface area contributed by atoms with Gasteiger partial charge < -0.3 is 5.32 Å². The molecular weight excluding hydrogens is 242 g/mol. The lowest BCUT2D eigenvalue weighted by Gasteiger charge is -2.38. The van der Waals surface area contributed by atoms with Gasteiger partial charge in [0.15, 0.2) is 0 Å². The third kappa shape index (κ3) is 4.35. The van der Waals surface area contributed by atoms with Gasteiger partial charge in [-0.05, 0) is 59.2 Å². The van der Waals surface area contributed by atoms with Gasteiger partial charge in [-0.2, -0.15) is 0 Å². The second kappa shape index (κ2) is 6.90. The highest BCUT2D eigenvalue weighted by atomic mass is 14.9. The van der Waals surface area contributed by atoms with Gasteiger partial charge in [-0.15, -0.1) is 0 Å². The van der Waals surface area contributed by atoms with Crippen molar-refractivity contribution in [3.63, 3.8) is 0 Å². The first-order chi connectivity index (χ1) is 9.27. The van der Waals surface area contributed by atoms with Gasteiger partial charge in [0, 0.05) is 11.5 Å². The summed E-state index contributed by atoms with van der Waals surface area (Å²) in [5.41, 5.74) is 5.25. The lowest BCUT2D eigenvalue weighted by molar-refractivity contribution is 0.304. The fraction of sp³-hybridized carbons (Fsp3) is 0.474. The fourth-order valence-corrected chi connectivity index (χ4v) is 2.45. The summed E-state index contributed by atoms with van der Waals surface area (Å²) in [5, 5.41) is 3.45. The van der Waals surface area contributed by atoms with Crippen molar-refractivity contribution >= 4 is 0 Å². The number of allylic oxidation sites excluding steroid dienone is 8. The van der Waals surface area contributed by atoms with Crippen molar-refractivity contribution in [1.82, 2.24) is 5.32 Å². The van der Waals surface area contributed by atoms with Gasteiger partial charge >= 0.3 is 0 Å². The van der Waals surface area contributed by atoms with Crippen LogP contribution in [0, 0.1) is 5.92 Å². The van der Waals surface area contributed by atoms with Gasteiger partial charge in [0.1, 0.15) is 0 Å². The monoisotopic (exact) mass is 271 g/mol. The zero-order valence-electron chi connectivity index (χ0n) is 13.9. The molecule has 1 N–H and O–H groups in total. The molecule has 0 aromatic carbocycles. The summed E-state index contributed by atoms with van der Waals surface area (Å²) in [6, 6.07) is 0. The number of hydrogen-bond donors (Lipinski definition) is 1. The summed E-state index contributed by atoms with van der Waals surface area (Å²) in [5.74, 6) is 0.460. The molecule has 0 spiro atoms. The van der Waals surface area contributed by atoms with Gasteiger partial charge in [-0.1, -0.05) is 48.1 Å². The first kappa shape index (κ1) is 16.7. The van der Waals surface area contributed by atoms with Gasteiger partial charge in [0.25, 0.3) is 0 Å². The Labute approximate surface area is 124 Å². The molecule has 1 aliphatic carbocycles. The molecule has 110 valence electrons. The van der Waals surface area contributed by atoms with Crippen LogP contribution in [0.3, 0.4) is 0 Å². The molecule has 20 heavy (non-hydrogen) atoms. The Morgan fingerprint density at radius 3 is 2.55 bits per heavy atom. The molecule has 0 bridgehead atoms. The topological polar surface area (TPSA) is 12.0 Å². The molecule has 0 heterocycles. The van der Waals surface area contributed by atoms with E-state index in [4.69, 9.17) is 0 Å². The Bertz CT molecular complexity index is 480. The minimum absolute atomic E-state index is 0.0641. The van der Waals surface area contributed by atoms with Crippen LogP contribution in [-0.4, -0.2) is 12.6 Å². The third-order valence-corrected chi connectivity index (χ3v) is 4.06. The Hall–Kier alpha value is -1.34. The first-order valence-electron chi connectivity index (χ1n) is 7.35. The Kier molecular flexibility index (Phi) is 5.76. The van der Waals surface area contributed by atoms with Crippen LogP contribution >= 0.6 is 0 Å². The van der Waals surface area contributed by atoms with Crippen molar-refractivity contribution in [2.45, 2.75) is 46.6 Å². The van der Waals surface area contributed by atoms with E-state index in [2.05, 4.69) is 76.9 Å². The van der Waals surface area contributed by atoms with Gasteiger partial charge in [0.05, 0.1) is 0 Å². The molecule has 0 saturated carbocycles. The Morgan fingerprint density at radius 2 is 2.00 bits per heavy atom. The van der Waals surface area contributed by atoms with Crippen molar-refractivity contribution in [2.75, 3.05) is 7.05 Å². The Morgan fingerprint density at radius 1 is 1.35 bits per heavy atom. The zero-order chi connectivity index (χ0) is 15.3.